The van der Waals surface area contributed by atoms with Crippen molar-refractivity contribution in [2.24, 2.45) is 0 Å². The molecular weight excluding hydrogens is 285 g/mol. The lowest BCUT2D eigenvalue weighted by molar-refractivity contribution is -0.174. The summed E-state index contributed by atoms with van der Waals surface area (Å²) in [6.45, 7) is 2.03. The zero-order chi connectivity index (χ0) is 15.7. The van der Waals surface area contributed by atoms with Crippen molar-refractivity contribution >= 4 is 11.6 Å². The molecule has 0 fully saturated rings. The Hall–Kier alpha value is -1.60. The van der Waals surface area contributed by atoms with Crippen LogP contribution in [0.1, 0.15) is 18.9 Å². The van der Waals surface area contributed by atoms with E-state index in [-0.39, 0.29) is 18.9 Å². The summed E-state index contributed by atoms with van der Waals surface area (Å²) in [5.74, 6) is -0.378. The first-order chi connectivity index (χ1) is 9.90. The third-order valence-electron chi connectivity index (χ3n) is 2.56. The highest BCUT2D eigenvalue weighted by atomic mass is 19.4. The van der Waals surface area contributed by atoms with Crippen LogP contribution in [-0.2, 0) is 16.1 Å². The highest BCUT2D eigenvalue weighted by Crippen LogP contribution is 2.14. The number of carbonyl (C=O) groups is 1. The molecule has 0 aromatic heterocycles. The highest BCUT2D eigenvalue weighted by molar-refractivity contribution is 5.90. The van der Waals surface area contributed by atoms with Crippen molar-refractivity contribution in [1.29, 1.82) is 0 Å². The Morgan fingerprint density at radius 3 is 2.48 bits per heavy atom. The van der Waals surface area contributed by atoms with E-state index >= 15 is 0 Å². The van der Waals surface area contributed by atoms with E-state index in [9.17, 15) is 18.0 Å². The Labute approximate surface area is 121 Å². The number of alkyl halides is 3. The van der Waals surface area contributed by atoms with Crippen LogP contribution < -0.4 is 10.6 Å². The SMILES string of the molecule is CCNCc1ccc(NC(=O)CCOCC(F)(F)F)cc1. The molecule has 0 unspecified atom stereocenters. The summed E-state index contributed by atoms with van der Waals surface area (Å²) in [6, 6.07) is 7.25. The second-order valence-electron chi connectivity index (χ2n) is 4.44. The van der Waals surface area contributed by atoms with E-state index in [1.54, 1.807) is 12.1 Å². The Bertz CT molecular complexity index is 433. The number of ether oxygens (including phenoxy) is 1. The van der Waals surface area contributed by atoms with Crippen molar-refractivity contribution < 1.29 is 22.7 Å². The van der Waals surface area contributed by atoms with Crippen LogP contribution >= 0.6 is 0 Å². The molecule has 1 aromatic carbocycles. The van der Waals surface area contributed by atoms with Crippen LogP contribution in [0.3, 0.4) is 0 Å². The van der Waals surface area contributed by atoms with E-state index < -0.39 is 12.8 Å². The fourth-order valence-electron chi connectivity index (χ4n) is 1.55. The van der Waals surface area contributed by atoms with Gasteiger partial charge in [-0.15, -0.1) is 0 Å². The zero-order valence-electron chi connectivity index (χ0n) is 11.8. The zero-order valence-corrected chi connectivity index (χ0v) is 11.8. The topological polar surface area (TPSA) is 50.4 Å². The summed E-state index contributed by atoms with van der Waals surface area (Å²) in [6.07, 6.45) is -4.48. The number of anilines is 1. The van der Waals surface area contributed by atoms with Gasteiger partial charge in [-0.05, 0) is 24.2 Å². The monoisotopic (exact) mass is 304 g/mol. The Morgan fingerprint density at radius 1 is 1.24 bits per heavy atom. The first-order valence-corrected chi connectivity index (χ1v) is 6.64. The van der Waals surface area contributed by atoms with Gasteiger partial charge in [0, 0.05) is 12.2 Å². The minimum atomic E-state index is -4.36. The average molecular weight is 304 g/mol. The third-order valence-corrected chi connectivity index (χ3v) is 2.56. The smallest absolute Gasteiger partial charge is 0.372 e. The molecule has 1 amide bonds. The van der Waals surface area contributed by atoms with Crippen molar-refractivity contribution in [1.82, 2.24) is 5.32 Å². The van der Waals surface area contributed by atoms with Crippen molar-refractivity contribution in [3.63, 3.8) is 0 Å². The first-order valence-electron chi connectivity index (χ1n) is 6.64. The van der Waals surface area contributed by atoms with E-state index in [0.29, 0.717) is 5.69 Å². The normalized spacial score (nSPS) is 11.4. The number of hydrogen-bond acceptors (Lipinski definition) is 3. The lowest BCUT2D eigenvalue weighted by Crippen LogP contribution is -2.20. The van der Waals surface area contributed by atoms with E-state index in [1.807, 2.05) is 19.1 Å². The maximum Gasteiger partial charge on any atom is 0.411 e. The minimum absolute atomic E-state index is 0.116. The average Bonchev–Trinajstić information content (AvgIpc) is 2.42. The number of rotatable bonds is 8. The van der Waals surface area contributed by atoms with Crippen molar-refractivity contribution in [3.8, 4) is 0 Å². The number of amides is 1. The van der Waals surface area contributed by atoms with E-state index in [1.165, 1.54) is 0 Å². The molecule has 0 bridgehead atoms. The van der Waals surface area contributed by atoms with Crippen LogP contribution in [0.5, 0.6) is 0 Å². The van der Waals surface area contributed by atoms with Crippen molar-refractivity contribution in [3.05, 3.63) is 29.8 Å². The summed E-state index contributed by atoms with van der Waals surface area (Å²) >= 11 is 0. The third kappa shape index (κ3) is 8.31. The fourth-order valence-corrected chi connectivity index (χ4v) is 1.55. The van der Waals surface area contributed by atoms with Crippen LogP contribution in [0.25, 0.3) is 0 Å². The van der Waals surface area contributed by atoms with E-state index in [2.05, 4.69) is 15.4 Å². The van der Waals surface area contributed by atoms with Crippen LogP contribution in [0.15, 0.2) is 24.3 Å². The Balaban J connectivity index is 2.28. The molecule has 0 radical (unpaired) electrons. The van der Waals surface area contributed by atoms with Crippen LogP contribution in [0.2, 0.25) is 0 Å². The maximum atomic E-state index is 11.8. The molecular formula is C14H19F3N2O2. The molecule has 118 valence electrons. The maximum absolute atomic E-state index is 11.8. The molecule has 0 saturated heterocycles. The summed E-state index contributed by atoms with van der Waals surface area (Å²) in [7, 11) is 0. The summed E-state index contributed by atoms with van der Waals surface area (Å²) in [5, 5.41) is 5.78. The fraction of sp³-hybridized carbons (Fsp3) is 0.500. The van der Waals surface area contributed by atoms with Gasteiger partial charge in [0.15, 0.2) is 0 Å². The molecule has 0 aliphatic carbocycles. The van der Waals surface area contributed by atoms with Gasteiger partial charge in [-0.3, -0.25) is 4.79 Å². The quantitative estimate of drug-likeness (QED) is 0.726. The van der Waals surface area contributed by atoms with E-state index in [0.717, 1.165) is 18.7 Å². The summed E-state index contributed by atoms with van der Waals surface area (Å²) < 4.78 is 39.8. The predicted molar refractivity (Wildman–Crippen MR) is 73.9 cm³/mol. The van der Waals surface area contributed by atoms with Crippen LogP contribution in [-0.4, -0.2) is 31.8 Å². The Morgan fingerprint density at radius 2 is 1.90 bits per heavy atom. The first kappa shape index (κ1) is 17.5. The minimum Gasteiger partial charge on any atom is -0.372 e. The molecule has 0 saturated carbocycles. The van der Waals surface area contributed by atoms with Gasteiger partial charge in [0.1, 0.15) is 6.61 Å². The second kappa shape index (κ2) is 8.63. The van der Waals surface area contributed by atoms with Gasteiger partial charge in [-0.2, -0.15) is 13.2 Å². The standard InChI is InChI=1S/C14H19F3N2O2/c1-2-18-9-11-3-5-12(6-4-11)19-13(20)7-8-21-10-14(15,16)17/h3-6,18H,2,7-10H2,1H3,(H,19,20). The lowest BCUT2D eigenvalue weighted by Gasteiger charge is -2.09. The van der Waals surface area contributed by atoms with E-state index in [4.69, 9.17) is 0 Å². The second-order valence-corrected chi connectivity index (χ2v) is 4.44. The molecule has 0 aliphatic heterocycles. The molecule has 0 atom stereocenters. The Kier molecular flexibility index (Phi) is 7.18. The lowest BCUT2D eigenvalue weighted by atomic mass is 10.2. The van der Waals surface area contributed by atoms with Gasteiger partial charge in [-0.25, -0.2) is 0 Å². The molecule has 21 heavy (non-hydrogen) atoms. The molecule has 0 spiro atoms. The van der Waals surface area contributed by atoms with Gasteiger partial charge in [-0.1, -0.05) is 19.1 Å². The van der Waals surface area contributed by atoms with Gasteiger partial charge < -0.3 is 15.4 Å². The molecule has 7 heteroatoms. The van der Waals surface area contributed by atoms with Crippen LogP contribution in [0.4, 0.5) is 18.9 Å². The summed E-state index contributed by atoms with van der Waals surface area (Å²) in [5.41, 5.74) is 1.69. The molecule has 1 aromatic rings. The highest BCUT2D eigenvalue weighted by Gasteiger charge is 2.27. The number of carbonyl (C=O) groups excluding carboxylic acids is 1. The number of nitrogens with one attached hydrogen (secondary N) is 2. The largest absolute Gasteiger partial charge is 0.411 e. The number of halogens is 3. The predicted octanol–water partition coefficient (Wildman–Crippen LogP) is 2.70. The number of benzene rings is 1. The van der Waals surface area contributed by atoms with Crippen molar-refractivity contribution in [2.45, 2.75) is 26.1 Å². The molecule has 4 nitrogen and oxygen atoms in total. The van der Waals surface area contributed by atoms with Gasteiger partial charge >= 0.3 is 6.18 Å². The van der Waals surface area contributed by atoms with Crippen LogP contribution in [0, 0.1) is 0 Å². The van der Waals surface area contributed by atoms with Gasteiger partial charge in [0.05, 0.1) is 13.0 Å². The van der Waals surface area contributed by atoms with Crippen molar-refractivity contribution in [2.75, 3.05) is 25.1 Å². The summed E-state index contributed by atoms with van der Waals surface area (Å²) in [4.78, 5) is 11.5. The van der Waals surface area contributed by atoms with Gasteiger partial charge in [0.25, 0.3) is 0 Å². The number of hydrogen-bond donors (Lipinski definition) is 2. The molecule has 0 heterocycles. The molecule has 1 rings (SSSR count). The van der Waals surface area contributed by atoms with Gasteiger partial charge in [0.2, 0.25) is 5.91 Å². The molecule has 2 N–H and O–H groups in total. The molecule has 0 aliphatic rings.